The fourth-order valence-corrected chi connectivity index (χ4v) is 1.09. The fourth-order valence-electron chi connectivity index (χ4n) is 1.09. The van der Waals surface area contributed by atoms with E-state index in [1.54, 1.807) is 6.92 Å². The molecule has 0 aromatic heterocycles. The molecule has 0 radical (unpaired) electrons. The molecule has 1 aliphatic heterocycles. The van der Waals surface area contributed by atoms with Crippen molar-refractivity contribution in [3.05, 3.63) is 0 Å². The minimum absolute atomic E-state index is 0.0130. The first-order chi connectivity index (χ1) is 5.66. The Morgan fingerprint density at radius 1 is 1.50 bits per heavy atom. The summed E-state index contributed by atoms with van der Waals surface area (Å²) < 4.78 is 15.4. The summed E-state index contributed by atoms with van der Waals surface area (Å²) in [5, 5.41) is 0. The number of hydrogen-bond acceptors (Lipinski definition) is 4. The number of ether oxygens (including phenoxy) is 3. The third-order valence-electron chi connectivity index (χ3n) is 1.85. The second-order valence-electron chi connectivity index (χ2n) is 2.95. The van der Waals surface area contributed by atoms with Gasteiger partial charge in [0.2, 0.25) is 0 Å². The van der Waals surface area contributed by atoms with Crippen LogP contribution in [-0.2, 0) is 19.0 Å². The molecule has 1 fully saturated rings. The van der Waals surface area contributed by atoms with Gasteiger partial charge < -0.3 is 14.2 Å². The number of ketones is 1. The minimum Gasteiger partial charge on any atom is -0.371 e. The Bertz CT molecular complexity index is 168. The van der Waals surface area contributed by atoms with Crippen LogP contribution < -0.4 is 0 Å². The summed E-state index contributed by atoms with van der Waals surface area (Å²) in [6.45, 7) is 2.85. The van der Waals surface area contributed by atoms with E-state index in [0.29, 0.717) is 13.2 Å². The first-order valence-electron chi connectivity index (χ1n) is 3.95. The number of Topliss-reactive ketones (excluding diaryl/α,β-unsaturated/α-hetero) is 1. The summed E-state index contributed by atoms with van der Waals surface area (Å²) >= 11 is 0. The van der Waals surface area contributed by atoms with Crippen molar-refractivity contribution in [3.8, 4) is 0 Å². The standard InChI is InChI=1S/C8H14O4/c1-8(10-2)5-7(9)6-11-3-4-12-8/h3-6H2,1-2H3. The zero-order chi connectivity index (χ0) is 9.03. The van der Waals surface area contributed by atoms with Gasteiger partial charge in [-0.2, -0.15) is 0 Å². The summed E-state index contributed by atoms with van der Waals surface area (Å²) in [5.74, 6) is -0.750. The second-order valence-corrected chi connectivity index (χ2v) is 2.95. The molecule has 0 amide bonds. The molecular formula is C8H14O4. The summed E-state index contributed by atoms with van der Waals surface area (Å²) in [6, 6.07) is 0. The fraction of sp³-hybridized carbons (Fsp3) is 0.875. The van der Waals surface area contributed by atoms with Gasteiger partial charge in [0.05, 0.1) is 19.6 Å². The topological polar surface area (TPSA) is 44.8 Å². The third-order valence-corrected chi connectivity index (χ3v) is 1.85. The van der Waals surface area contributed by atoms with Gasteiger partial charge in [0.15, 0.2) is 11.6 Å². The van der Waals surface area contributed by atoms with Gasteiger partial charge in [-0.1, -0.05) is 0 Å². The van der Waals surface area contributed by atoms with Gasteiger partial charge in [-0.05, 0) is 6.92 Å². The molecule has 0 aromatic rings. The van der Waals surface area contributed by atoms with Crippen LogP contribution in [0.1, 0.15) is 13.3 Å². The number of hydrogen-bond donors (Lipinski definition) is 0. The van der Waals surface area contributed by atoms with Crippen molar-refractivity contribution in [2.45, 2.75) is 19.1 Å². The maximum absolute atomic E-state index is 11.1. The quantitative estimate of drug-likeness (QED) is 0.575. The Kier molecular flexibility index (Phi) is 3.20. The molecule has 0 spiro atoms. The lowest BCUT2D eigenvalue weighted by atomic mass is 10.1. The van der Waals surface area contributed by atoms with Crippen LogP contribution in [0.2, 0.25) is 0 Å². The van der Waals surface area contributed by atoms with Crippen molar-refractivity contribution in [2.24, 2.45) is 0 Å². The van der Waals surface area contributed by atoms with E-state index in [9.17, 15) is 4.79 Å². The van der Waals surface area contributed by atoms with E-state index in [1.807, 2.05) is 0 Å². The molecule has 70 valence electrons. The summed E-state index contributed by atoms with van der Waals surface area (Å²) in [7, 11) is 1.54. The molecule has 0 saturated carbocycles. The normalized spacial score (nSPS) is 32.7. The number of carbonyl (C=O) groups is 1. The smallest absolute Gasteiger partial charge is 0.172 e. The van der Waals surface area contributed by atoms with Gasteiger partial charge in [-0.3, -0.25) is 4.79 Å². The Labute approximate surface area is 71.8 Å². The van der Waals surface area contributed by atoms with Crippen molar-refractivity contribution in [1.29, 1.82) is 0 Å². The van der Waals surface area contributed by atoms with E-state index < -0.39 is 5.79 Å². The summed E-state index contributed by atoms with van der Waals surface area (Å²) in [6.07, 6.45) is 0.253. The van der Waals surface area contributed by atoms with Crippen LogP contribution >= 0.6 is 0 Å². The van der Waals surface area contributed by atoms with Gasteiger partial charge in [0, 0.05) is 7.11 Å². The highest BCUT2D eigenvalue weighted by Gasteiger charge is 2.29. The molecule has 4 heteroatoms. The van der Waals surface area contributed by atoms with Crippen LogP contribution in [0.4, 0.5) is 0 Å². The lowest BCUT2D eigenvalue weighted by Gasteiger charge is -2.29. The molecule has 0 aromatic carbocycles. The van der Waals surface area contributed by atoms with E-state index in [0.717, 1.165) is 0 Å². The second kappa shape index (κ2) is 3.98. The van der Waals surface area contributed by atoms with Gasteiger partial charge in [-0.25, -0.2) is 0 Å². The molecule has 1 unspecified atom stereocenters. The molecule has 0 bridgehead atoms. The average molecular weight is 174 g/mol. The largest absolute Gasteiger partial charge is 0.371 e. The molecule has 1 heterocycles. The number of methoxy groups -OCH3 is 1. The molecule has 1 saturated heterocycles. The van der Waals surface area contributed by atoms with Crippen LogP contribution in [0, 0.1) is 0 Å². The Morgan fingerprint density at radius 2 is 2.25 bits per heavy atom. The summed E-state index contributed by atoms with van der Waals surface area (Å²) in [4.78, 5) is 11.1. The monoisotopic (exact) mass is 174 g/mol. The van der Waals surface area contributed by atoms with Crippen molar-refractivity contribution in [3.63, 3.8) is 0 Å². The van der Waals surface area contributed by atoms with Crippen LogP contribution in [0.5, 0.6) is 0 Å². The van der Waals surface area contributed by atoms with E-state index in [1.165, 1.54) is 7.11 Å². The average Bonchev–Trinajstić information content (AvgIpc) is 2.01. The van der Waals surface area contributed by atoms with Crippen LogP contribution in [0.3, 0.4) is 0 Å². The molecule has 1 atom stereocenters. The zero-order valence-electron chi connectivity index (χ0n) is 7.46. The van der Waals surface area contributed by atoms with Crippen molar-refractivity contribution in [2.75, 3.05) is 26.9 Å². The van der Waals surface area contributed by atoms with Crippen LogP contribution in [-0.4, -0.2) is 38.5 Å². The lowest BCUT2D eigenvalue weighted by molar-refractivity contribution is -0.224. The van der Waals surface area contributed by atoms with Crippen LogP contribution in [0.25, 0.3) is 0 Å². The Balaban J connectivity index is 2.54. The maximum atomic E-state index is 11.1. The molecule has 1 rings (SSSR count). The first kappa shape index (κ1) is 9.64. The number of carbonyl (C=O) groups excluding carboxylic acids is 1. The number of rotatable bonds is 1. The highest BCUT2D eigenvalue weighted by molar-refractivity contribution is 5.80. The molecule has 0 aliphatic carbocycles. The lowest BCUT2D eigenvalue weighted by Crippen LogP contribution is -2.38. The van der Waals surface area contributed by atoms with Gasteiger partial charge >= 0.3 is 0 Å². The molecule has 0 N–H and O–H groups in total. The Morgan fingerprint density at radius 3 is 2.92 bits per heavy atom. The molecule has 12 heavy (non-hydrogen) atoms. The third kappa shape index (κ3) is 2.55. The van der Waals surface area contributed by atoms with E-state index in [-0.39, 0.29) is 18.8 Å². The van der Waals surface area contributed by atoms with E-state index in [2.05, 4.69) is 0 Å². The Hall–Kier alpha value is -0.450. The van der Waals surface area contributed by atoms with Gasteiger partial charge in [0.25, 0.3) is 0 Å². The van der Waals surface area contributed by atoms with E-state index in [4.69, 9.17) is 14.2 Å². The zero-order valence-corrected chi connectivity index (χ0v) is 7.46. The van der Waals surface area contributed by atoms with Gasteiger partial charge in [0.1, 0.15) is 6.61 Å². The molecule has 1 aliphatic rings. The molecular weight excluding hydrogens is 160 g/mol. The predicted molar refractivity (Wildman–Crippen MR) is 41.8 cm³/mol. The van der Waals surface area contributed by atoms with Gasteiger partial charge in [-0.15, -0.1) is 0 Å². The predicted octanol–water partition coefficient (Wildman–Crippen LogP) is 0.355. The molecule has 4 nitrogen and oxygen atoms in total. The van der Waals surface area contributed by atoms with Crippen molar-refractivity contribution < 1.29 is 19.0 Å². The minimum atomic E-state index is -0.763. The van der Waals surface area contributed by atoms with Crippen LogP contribution in [0.15, 0.2) is 0 Å². The van der Waals surface area contributed by atoms with Crippen molar-refractivity contribution in [1.82, 2.24) is 0 Å². The SMILES string of the molecule is COC1(C)CC(=O)COCCO1. The van der Waals surface area contributed by atoms with Crippen molar-refractivity contribution >= 4 is 5.78 Å². The highest BCUT2D eigenvalue weighted by Crippen LogP contribution is 2.18. The maximum Gasteiger partial charge on any atom is 0.172 e. The summed E-state index contributed by atoms with van der Waals surface area (Å²) in [5.41, 5.74) is 0. The highest BCUT2D eigenvalue weighted by atomic mass is 16.7. The first-order valence-corrected chi connectivity index (χ1v) is 3.95. The van der Waals surface area contributed by atoms with E-state index >= 15 is 0 Å².